The van der Waals surface area contributed by atoms with E-state index in [1.54, 1.807) is 39.8 Å². The van der Waals surface area contributed by atoms with Crippen LogP contribution < -0.4 is 0 Å². The summed E-state index contributed by atoms with van der Waals surface area (Å²) in [5.41, 5.74) is -0.987. The van der Waals surface area contributed by atoms with E-state index in [2.05, 4.69) is 0 Å². The normalized spacial score (nSPS) is 16.0. The van der Waals surface area contributed by atoms with Crippen LogP contribution in [0.1, 0.15) is 39.7 Å². The van der Waals surface area contributed by atoms with Gasteiger partial charge >= 0.3 is 17.3 Å². The van der Waals surface area contributed by atoms with Crippen LogP contribution in [0.2, 0.25) is 0 Å². The monoisotopic (exact) mass is 314 g/mol. The topological polar surface area (TPSA) is 61.8 Å². The molecule has 0 aliphatic heterocycles. The highest BCUT2D eigenvalue weighted by Gasteiger charge is 2.35. The molecule has 21 heavy (non-hydrogen) atoms. The van der Waals surface area contributed by atoms with Crippen molar-refractivity contribution in [2.45, 2.75) is 45.3 Å². The van der Waals surface area contributed by atoms with E-state index in [4.69, 9.17) is 13.1 Å². The Bertz CT molecular complexity index is 495. The predicted octanol–water partition coefficient (Wildman–Crippen LogP) is 2.88. The van der Waals surface area contributed by atoms with Crippen molar-refractivity contribution in [1.82, 2.24) is 0 Å². The fourth-order valence-electron chi connectivity index (χ4n) is 1.69. The van der Waals surface area contributed by atoms with Gasteiger partial charge in [0.1, 0.15) is 5.60 Å². The number of carbonyl (C=O) groups excluding carboxylic acids is 1. The number of carbonyl (C=O) groups is 1. The third-order valence-corrected chi connectivity index (χ3v) is 3.80. The van der Waals surface area contributed by atoms with Crippen LogP contribution in [-0.4, -0.2) is 22.9 Å². The van der Waals surface area contributed by atoms with Crippen molar-refractivity contribution in [3.05, 3.63) is 35.9 Å². The lowest BCUT2D eigenvalue weighted by molar-refractivity contribution is -0.145. The van der Waals surface area contributed by atoms with Crippen LogP contribution in [0.15, 0.2) is 30.3 Å². The number of esters is 1. The van der Waals surface area contributed by atoms with Gasteiger partial charge in [-0.05, 0) is 33.3 Å². The molecule has 0 aliphatic carbocycles. The lowest BCUT2D eigenvalue weighted by Crippen LogP contribution is -2.33. The van der Waals surface area contributed by atoms with Crippen LogP contribution in [0.3, 0.4) is 0 Å². The fraction of sp³-hybridized carbons (Fsp3) is 0.533. The number of methoxy groups -OCH3 is 1. The van der Waals surface area contributed by atoms with E-state index in [9.17, 15) is 9.00 Å². The van der Waals surface area contributed by atoms with E-state index in [1.807, 2.05) is 18.2 Å². The summed E-state index contributed by atoms with van der Waals surface area (Å²) in [4.78, 5) is 11.6. The third-order valence-electron chi connectivity index (χ3n) is 2.66. The highest BCUT2D eigenvalue weighted by Crippen LogP contribution is 2.31. The predicted molar refractivity (Wildman–Crippen MR) is 80.5 cm³/mol. The van der Waals surface area contributed by atoms with Crippen LogP contribution >= 0.6 is 0 Å². The lowest BCUT2D eigenvalue weighted by Gasteiger charge is -2.29. The Kier molecular flexibility index (Phi) is 6.07. The van der Waals surface area contributed by atoms with E-state index in [-0.39, 0.29) is 6.42 Å². The van der Waals surface area contributed by atoms with E-state index in [0.717, 1.165) is 5.56 Å². The maximum absolute atomic E-state index is 12.0. The summed E-state index contributed by atoms with van der Waals surface area (Å²) in [7, 11) is 1.30. The Balaban J connectivity index is 2.98. The Hall–Kier alpha value is -1.24. The molecule has 0 aromatic heterocycles. The first-order valence-electron chi connectivity index (χ1n) is 6.59. The summed E-state index contributed by atoms with van der Waals surface area (Å²) >= 11 is -1.99. The molecule has 2 atom stereocenters. The zero-order chi connectivity index (χ0) is 16.1. The summed E-state index contributed by atoms with van der Waals surface area (Å²) in [6, 6.07) is 9.10. The molecule has 0 saturated heterocycles. The Labute approximate surface area is 128 Å². The summed E-state index contributed by atoms with van der Waals surface area (Å²) in [5.74, 6) is -0.450. The van der Waals surface area contributed by atoms with E-state index < -0.39 is 28.5 Å². The van der Waals surface area contributed by atoms with Crippen molar-refractivity contribution >= 4 is 17.3 Å². The number of hydrogen-bond acceptors (Lipinski definition) is 5. The minimum absolute atomic E-state index is 0.0627. The van der Waals surface area contributed by atoms with Gasteiger partial charge in [0.25, 0.3) is 0 Å². The summed E-state index contributed by atoms with van der Waals surface area (Å²) in [5, 5.41) is 0. The van der Waals surface area contributed by atoms with Gasteiger partial charge in [-0.3, -0.25) is 13.2 Å². The first-order valence-corrected chi connectivity index (χ1v) is 7.59. The van der Waals surface area contributed by atoms with Crippen molar-refractivity contribution in [2.24, 2.45) is 0 Å². The Morgan fingerprint density at radius 3 is 2.14 bits per heavy atom. The van der Waals surface area contributed by atoms with E-state index in [0.29, 0.717) is 0 Å². The van der Waals surface area contributed by atoms with Crippen LogP contribution in [0.5, 0.6) is 0 Å². The number of hydrogen-bond donors (Lipinski definition) is 0. The van der Waals surface area contributed by atoms with E-state index in [1.165, 1.54) is 7.11 Å². The molecule has 0 aliphatic rings. The molecule has 118 valence electrons. The highest BCUT2D eigenvalue weighted by atomic mass is 32.2. The quantitative estimate of drug-likeness (QED) is 0.756. The average Bonchev–Trinajstić information content (AvgIpc) is 2.37. The van der Waals surface area contributed by atoms with E-state index >= 15 is 0 Å². The number of ether oxygens (including phenoxy) is 1. The van der Waals surface area contributed by atoms with Crippen LogP contribution in [0.4, 0.5) is 0 Å². The molecule has 1 aromatic rings. The summed E-state index contributed by atoms with van der Waals surface area (Å²) < 4.78 is 27.5. The molecule has 0 radical (unpaired) electrons. The molecule has 0 amide bonds. The van der Waals surface area contributed by atoms with Gasteiger partial charge in [0.2, 0.25) is 0 Å². The third kappa shape index (κ3) is 5.95. The van der Waals surface area contributed by atoms with Gasteiger partial charge in [0, 0.05) is 0 Å². The van der Waals surface area contributed by atoms with Gasteiger partial charge in [-0.1, -0.05) is 30.3 Å². The maximum atomic E-state index is 12.0. The molecule has 2 unspecified atom stereocenters. The van der Waals surface area contributed by atoms with Gasteiger partial charge in [0.05, 0.1) is 19.1 Å². The van der Waals surface area contributed by atoms with Crippen molar-refractivity contribution < 1.29 is 22.1 Å². The molecule has 6 heteroatoms. The molecule has 0 spiro atoms. The Morgan fingerprint density at radius 2 is 1.67 bits per heavy atom. The second kappa shape index (κ2) is 7.15. The maximum Gasteiger partial charge on any atom is 0.308 e. The molecular formula is C15H22O5S. The highest BCUT2D eigenvalue weighted by molar-refractivity contribution is 7.75. The van der Waals surface area contributed by atoms with Gasteiger partial charge in [-0.2, -0.15) is 4.21 Å². The van der Waals surface area contributed by atoms with Crippen LogP contribution in [-0.2, 0) is 34.9 Å². The van der Waals surface area contributed by atoms with Crippen molar-refractivity contribution in [3.63, 3.8) is 0 Å². The van der Waals surface area contributed by atoms with Gasteiger partial charge in [-0.25, -0.2) is 0 Å². The minimum atomic E-state index is -1.99. The standard InChI is InChI=1S/C15H22O5S/c1-14(2,3)19-21(17)20-15(4,11-13(16)18-5)12-9-7-6-8-10-12/h6-10H,11H2,1-5H3. The smallest absolute Gasteiger partial charge is 0.308 e. The zero-order valence-corrected chi connectivity index (χ0v) is 13.9. The van der Waals surface area contributed by atoms with Gasteiger partial charge < -0.3 is 4.74 Å². The second-order valence-electron chi connectivity index (χ2n) is 5.83. The van der Waals surface area contributed by atoms with Crippen molar-refractivity contribution in [3.8, 4) is 0 Å². The van der Waals surface area contributed by atoms with Crippen molar-refractivity contribution in [1.29, 1.82) is 0 Å². The molecule has 0 heterocycles. The molecular weight excluding hydrogens is 292 g/mol. The summed E-state index contributed by atoms with van der Waals surface area (Å²) in [6.45, 7) is 7.00. The molecule has 0 N–H and O–H groups in total. The SMILES string of the molecule is COC(=O)CC(C)(OS(=O)OC(C)(C)C)c1ccccc1. The molecule has 1 aromatic carbocycles. The van der Waals surface area contributed by atoms with Crippen LogP contribution in [0.25, 0.3) is 0 Å². The first kappa shape index (κ1) is 17.8. The lowest BCUT2D eigenvalue weighted by atomic mass is 9.93. The Morgan fingerprint density at radius 1 is 1.10 bits per heavy atom. The minimum Gasteiger partial charge on any atom is -0.469 e. The van der Waals surface area contributed by atoms with Gasteiger partial charge in [0.15, 0.2) is 0 Å². The second-order valence-corrected chi connectivity index (χ2v) is 6.57. The molecule has 0 fully saturated rings. The van der Waals surface area contributed by atoms with Crippen LogP contribution in [0, 0.1) is 0 Å². The number of benzene rings is 1. The molecule has 0 bridgehead atoms. The molecule has 0 saturated carbocycles. The first-order chi connectivity index (χ1) is 9.66. The molecule has 5 nitrogen and oxygen atoms in total. The summed E-state index contributed by atoms with van der Waals surface area (Å²) in [6.07, 6.45) is -0.0627. The van der Waals surface area contributed by atoms with Gasteiger partial charge in [-0.15, -0.1) is 0 Å². The van der Waals surface area contributed by atoms with Crippen molar-refractivity contribution in [2.75, 3.05) is 7.11 Å². The average molecular weight is 314 g/mol. The number of rotatable bonds is 6. The largest absolute Gasteiger partial charge is 0.469 e. The zero-order valence-electron chi connectivity index (χ0n) is 13.0. The molecule has 1 rings (SSSR count). The fourth-order valence-corrected chi connectivity index (χ4v) is 2.59.